The Bertz CT molecular complexity index is 1710. The Kier molecular flexibility index (Phi) is 6.79. The highest BCUT2D eigenvalue weighted by molar-refractivity contribution is 6.41. The minimum Gasteiger partial charge on any atom is -0.495 e. The van der Waals surface area contributed by atoms with Crippen molar-refractivity contribution >= 4 is 57.4 Å². The number of ether oxygens (including phenoxy) is 2. The molecule has 0 aliphatic rings. The molecule has 3 aromatic heterocycles. The first-order chi connectivity index (χ1) is 18.4. The van der Waals surface area contributed by atoms with Crippen LogP contribution in [-0.2, 0) is 4.79 Å². The molecule has 1 amide bonds. The maximum atomic E-state index is 11.8. The normalized spacial score (nSPS) is 11.0. The number of benzene rings is 2. The third-order valence-corrected chi connectivity index (χ3v) is 6.70. The van der Waals surface area contributed by atoms with Crippen molar-refractivity contribution in [2.24, 2.45) is 0 Å². The summed E-state index contributed by atoms with van der Waals surface area (Å²) < 4.78 is 12.8. The van der Waals surface area contributed by atoms with E-state index >= 15 is 0 Å². The molecule has 11 heteroatoms. The van der Waals surface area contributed by atoms with E-state index in [4.69, 9.17) is 37.7 Å². The van der Waals surface area contributed by atoms with Crippen molar-refractivity contribution in [3.63, 3.8) is 0 Å². The molecule has 0 atom stereocenters. The van der Waals surface area contributed by atoms with Gasteiger partial charge in [-0.15, -0.1) is 0 Å². The molecule has 9 nitrogen and oxygen atoms in total. The van der Waals surface area contributed by atoms with Crippen LogP contribution in [0, 0.1) is 0 Å². The van der Waals surface area contributed by atoms with Gasteiger partial charge in [-0.2, -0.15) is 4.98 Å². The van der Waals surface area contributed by atoms with Crippen molar-refractivity contribution in [1.29, 1.82) is 0 Å². The third-order valence-electron chi connectivity index (χ3n) is 5.95. The number of pyridine rings is 1. The fourth-order valence-corrected chi connectivity index (χ4v) is 4.85. The number of nitrogens with one attached hydrogen (secondary N) is 2. The SMILES string of the molecule is C=CC(=O)Nc1cccc(-c2cn3c(n2)c(-c2c(Cl)c(OC)cc(OC)c2Cl)cc2cnc(NC)nc23)c1. The Balaban J connectivity index is 1.82. The van der Waals surface area contributed by atoms with Gasteiger partial charge in [0.05, 0.1) is 30.0 Å². The first-order valence-electron chi connectivity index (χ1n) is 11.4. The number of anilines is 2. The summed E-state index contributed by atoms with van der Waals surface area (Å²) in [6, 6.07) is 10.9. The molecular formula is C27H22Cl2N6O3. The number of methoxy groups -OCH3 is 2. The highest BCUT2D eigenvalue weighted by Crippen LogP contribution is 2.47. The van der Waals surface area contributed by atoms with Crippen LogP contribution in [0.1, 0.15) is 0 Å². The maximum absolute atomic E-state index is 11.8. The second-order valence-electron chi connectivity index (χ2n) is 8.16. The van der Waals surface area contributed by atoms with Gasteiger partial charge in [-0.1, -0.05) is 41.9 Å². The van der Waals surface area contributed by atoms with Crippen LogP contribution >= 0.6 is 23.2 Å². The molecule has 2 N–H and O–H groups in total. The van der Waals surface area contributed by atoms with Gasteiger partial charge in [-0.25, -0.2) is 9.97 Å². The van der Waals surface area contributed by atoms with E-state index in [2.05, 4.69) is 27.2 Å². The number of hydrogen-bond donors (Lipinski definition) is 2. The van der Waals surface area contributed by atoms with Crippen molar-refractivity contribution in [3.05, 3.63) is 71.5 Å². The van der Waals surface area contributed by atoms with Gasteiger partial charge in [0.25, 0.3) is 0 Å². The average Bonchev–Trinajstić information content (AvgIpc) is 3.39. The van der Waals surface area contributed by atoms with E-state index in [1.54, 1.807) is 25.4 Å². The van der Waals surface area contributed by atoms with Gasteiger partial charge < -0.3 is 20.1 Å². The predicted octanol–water partition coefficient (Wildman–Crippen LogP) is 6.10. The maximum Gasteiger partial charge on any atom is 0.247 e. The number of aromatic nitrogens is 4. The van der Waals surface area contributed by atoms with E-state index in [0.29, 0.717) is 61.3 Å². The molecule has 192 valence electrons. The van der Waals surface area contributed by atoms with E-state index in [1.807, 2.05) is 34.9 Å². The molecule has 2 aromatic carbocycles. The monoisotopic (exact) mass is 548 g/mol. The van der Waals surface area contributed by atoms with E-state index < -0.39 is 0 Å². The zero-order valence-corrected chi connectivity index (χ0v) is 22.2. The summed E-state index contributed by atoms with van der Waals surface area (Å²) in [6.07, 6.45) is 4.79. The minimum absolute atomic E-state index is 0.307. The molecule has 0 aliphatic carbocycles. The van der Waals surface area contributed by atoms with Gasteiger partial charge in [0.2, 0.25) is 11.9 Å². The molecule has 0 fully saturated rings. The number of amides is 1. The smallest absolute Gasteiger partial charge is 0.247 e. The highest BCUT2D eigenvalue weighted by atomic mass is 35.5. The lowest BCUT2D eigenvalue weighted by Crippen LogP contribution is -2.06. The summed E-state index contributed by atoms with van der Waals surface area (Å²) in [5.41, 5.74) is 4.33. The van der Waals surface area contributed by atoms with Crippen LogP contribution in [0.25, 0.3) is 39.1 Å². The van der Waals surface area contributed by atoms with Crippen LogP contribution in [0.15, 0.2) is 61.4 Å². The number of hydrogen-bond acceptors (Lipinski definition) is 7. The molecule has 5 aromatic rings. The zero-order chi connectivity index (χ0) is 27.0. The summed E-state index contributed by atoms with van der Waals surface area (Å²) in [6.45, 7) is 3.50. The Hall–Kier alpha value is -4.34. The summed E-state index contributed by atoms with van der Waals surface area (Å²) in [5, 5.41) is 7.10. The van der Waals surface area contributed by atoms with Gasteiger partial charge in [0.1, 0.15) is 17.1 Å². The lowest BCUT2D eigenvalue weighted by Gasteiger charge is -2.16. The summed E-state index contributed by atoms with van der Waals surface area (Å²) >= 11 is 13.6. The van der Waals surface area contributed by atoms with Gasteiger partial charge >= 0.3 is 0 Å². The standard InChI is InChI=1S/C27H22Cl2N6O3/c1-5-21(36)32-16-8-6-7-14(9-16)18-13-35-25-15(12-31-27(30-2)34-25)10-17(26(35)33-18)22-23(28)19(37-3)11-20(38-4)24(22)29/h5-13H,1H2,2-4H3,(H,32,36)(H,30,31,34). The van der Waals surface area contributed by atoms with Crippen LogP contribution in [0.2, 0.25) is 10.0 Å². The van der Waals surface area contributed by atoms with Crippen molar-refractivity contribution in [1.82, 2.24) is 19.4 Å². The molecule has 0 radical (unpaired) electrons. The van der Waals surface area contributed by atoms with Crippen LogP contribution < -0.4 is 20.1 Å². The van der Waals surface area contributed by atoms with Gasteiger partial charge in [0, 0.05) is 53.3 Å². The lowest BCUT2D eigenvalue weighted by molar-refractivity contribution is -0.111. The van der Waals surface area contributed by atoms with Crippen LogP contribution in [-0.4, -0.2) is 46.5 Å². The number of nitrogens with zero attached hydrogens (tertiary/aromatic N) is 4. The quantitative estimate of drug-likeness (QED) is 0.237. The summed E-state index contributed by atoms with van der Waals surface area (Å²) in [7, 11) is 4.79. The minimum atomic E-state index is -0.307. The second-order valence-corrected chi connectivity index (χ2v) is 8.91. The molecule has 38 heavy (non-hydrogen) atoms. The zero-order valence-electron chi connectivity index (χ0n) is 20.7. The third kappa shape index (κ3) is 4.36. The molecule has 5 rings (SSSR count). The number of halogens is 2. The van der Waals surface area contributed by atoms with Crippen molar-refractivity contribution < 1.29 is 14.3 Å². The fraction of sp³-hybridized carbons (Fsp3) is 0.111. The van der Waals surface area contributed by atoms with E-state index in [0.717, 1.165) is 10.9 Å². The van der Waals surface area contributed by atoms with E-state index in [1.165, 1.54) is 20.3 Å². The molecule has 3 heterocycles. The number of carbonyl (C=O) groups excluding carboxylic acids is 1. The number of carbonyl (C=O) groups is 1. The molecule has 0 bridgehead atoms. The van der Waals surface area contributed by atoms with E-state index in [-0.39, 0.29) is 5.91 Å². The van der Waals surface area contributed by atoms with Crippen molar-refractivity contribution in [3.8, 4) is 33.9 Å². The summed E-state index contributed by atoms with van der Waals surface area (Å²) in [5.74, 6) is 0.953. The van der Waals surface area contributed by atoms with Gasteiger partial charge in [-0.3, -0.25) is 9.20 Å². The lowest BCUT2D eigenvalue weighted by atomic mass is 10.0. The summed E-state index contributed by atoms with van der Waals surface area (Å²) in [4.78, 5) is 25.8. The van der Waals surface area contributed by atoms with Crippen molar-refractivity contribution in [2.45, 2.75) is 0 Å². The number of fused-ring (bicyclic) bond motifs is 3. The Morgan fingerprint density at radius 1 is 1.05 bits per heavy atom. The number of imidazole rings is 1. The molecule has 0 unspecified atom stereocenters. The predicted molar refractivity (Wildman–Crippen MR) is 151 cm³/mol. The van der Waals surface area contributed by atoms with Gasteiger partial charge in [-0.05, 0) is 24.3 Å². The van der Waals surface area contributed by atoms with Gasteiger partial charge in [0.15, 0.2) is 5.65 Å². The molecular weight excluding hydrogens is 527 g/mol. The van der Waals surface area contributed by atoms with Crippen LogP contribution in [0.4, 0.5) is 11.6 Å². The highest BCUT2D eigenvalue weighted by Gasteiger charge is 2.23. The fourth-order valence-electron chi connectivity index (χ4n) is 4.14. The topological polar surface area (TPSA) is 103 Å². The molecule has 0 aliphatic heterocycles. The Morgan fingerprint density at radius 2 is 1.79 bits per heavy atom. The Labute approximate surface area is 228 Å². The van der Waals surface area contributed by atoms with E-state index in [9.17, 15) is 4.79 Å². The first kappa shape index (κ1) is 25.3. The average molecular weight is 549 g/mol. The van der Waals surface area contributed by atoms with Crippen LogP contribution in [0.3, 0.4) is 0 Å². The largest absolute Gasteiger partial charge is 0.495 e. The Morgan fingerprint density at radius 3 is 2.45 bits per heavy atom. The molecule has 0 saturated carbocycles. The van der Waals surface area contributed by atoms with Crippen molar-refractivity contribution in [2.75, 3.05) is 31.9 Å². The molecule has 0 saturated heterocycles. The van der Waals surface area contributed by atoms with Crippen LogP contribution in [0.5, 0.6) is 11.5 Å². The number of rotatable bonds is 7. The molecule has 0 spiro atoms. The first-order valence-corrected chi connectivity index (χ1v) is 12.1. The second kappa shape index (κ2) is 10.2.